The highest BCUT2D eigenvalue weighted by Crippen LogP contribution is 2.34. The largest absolute Gasteiger partial charge is 0.343 e. The zero-order valence-corrected chi connectivity index (χ0v) is 12.3. The monoisotopic (exact) mass is 281 g/mol. The molecule has 2 nitrogen and oxygen atoms in total. The minimum atomic E-state index is -0.209. The molecule has 4 heteroatoms. The zero-order valence-electron chi connectivity index (χ0n) is 11.4. The van der Waals surface area contributed by atoms with Crippen molar-refractivity contribution in [2.45, 2.75) is 37.1 Å². The highest BCUT2D eigenvalue weighted by Gasteiger charge is 2.32. The Morgan fingerprint density at radius 1 is 1.47 bits per heavy atom. The molecule has 1 aliphatic rings. The van der Waals surface area contributed by atoms with Gasteiger partial charge in [-0.2, -0.15) is 0 Å². The lowest BCUT2D eigenvalue weighted by Gasteiger charge is -2.24. The van der Waals surface area contributed by atoms with Crippen molar-refractivity contribution < 1.29 is 9.18 Å². The molecule has 1 fully saturated rings. The highest BCUT2D eigenvalue weighted by atomic mass is 32.2. The van der Waals surface area contributed by atoms with Crippen molar-refractivity contribution in [3.8, 4) is 0 Å². The third kappa shape index (κ3) is 3.96. The summed E-state index contributed by atoms with van der Waals surface area (Å²) in [5.41, 5.74) is 0. The standard InChI is InChI=1S/C15H20FNOS/c1-11(12-7-8-12)17(2)15(18)9-10-19-14-6-4-3-5-13(14)16/h3-6,11-12H,7-10H2,1-2H3. The van der Waals surface area contributed by atoms with Crippen LogP contribution in [0.15, 0.2) is 29.2 Å². The van der Waals surface area contributed by atoms with Gasteiger partial charge in [-0.15, -0.1) is 11.8 Å². The van der Waals surface area contributed by atoms with Crippen LogP contribution in [0.5, 0.6) is 0 Å². The Morgan fingerprint density at radius 2 is 2.16 bits per heavy atom. The quantitative estimate of drug-likeness (QED) is 0.743. The van der Waals surface area contributed by atoms with Crippen LogP contribution in [0.25, 0.3) is 0 Å². The summed E-state index contributed by atoms with van der Waals surface area (Å²) in [5.74, 6) is 1.26. The smallest absolute Gasteiger partial charge is 0.223 e. The van der Waals surface area contributed by atoms with Crippen LogP contribution in [0.4, 0.5) is 4.39 Å². The van der Waals surface area contributed by atoms with Gasteiger partial charge in [0.2, 0.25) is 5.91 Å². The topological polar surface area (TPSA) is 20.3 Å². The molecular weight excluding hydrogens is 261 g/mol. The Morgan fingerprint density at radius 3 is 2.79 bits per heavy atom. The fraction of sp³-hybridized carbons (Fsp3) is 0.533. The minimum Gasteiger partial charge on any atom is -0.343 e. The van der Waals surface area contributed by atoms with E-state index in [2.05, 4.69) is 6.92 Å². The molecule has 0 spiro atoms. The molecule has 0 bridgehead atoms. The van der Waals surface area contributed by atoms with Crippen LogP contribution >= 0.6 is 11.8 Å². The van der Waals surface area contributed by atoms with Crippen molar-refractivity contribution >= 4 is 17.7 Å². The number of carbonyl (C=O) groups is 1. The molecule has 1 atom stereocenters. The Bertz CT molecular complexity index is 448. The summed E-state index contributed by atoms with van der Waals surface area (Å²) in [6, 6.07) is 7.03. The number of nitrogens with zero attached hydrogens (tertiary/aromatic N) is 1. The molecule has 1 amide bonds. The van der Waals surface area contributed by atoms with Crippen molar-refractivity contribution in [1.82, 2.24) is 4.90 Å². The van der Waals surface area contributed by atoms with Gasteiger partial charge in [0.1, 0.15) is 5.82 Å². The normalized spacial score (nSPS) is 16.2. The molecule has 0 aromatic heterocycles. The summed E-state index contributed by atoms with van der Waals surface area (Å²) in [5, 5.41) is 0. The van der Waals surface area contributed by atoms with E-state index in [-0.39, 0.29) is 11.7 Å². The zero-order chi connectivity index (χ0) is 13.8. The molecule has 0 saturated heterocycles. The van der Waals surface area contributed by atoms with Crippen molar-refractivity contribution in [3.05, 3.63) is 30.1 Å². The molecule has 0 N–H and O–H groups in total. The van der Waals surface area contributed by atoms with Crippen LogP contribution in [0, 0.1) is 11.7 Å². The van der Waals surface area contributed by atoms with Crippen LogP contribution < -0.4 is 0 Å². The lowest BCUT2D eigenvalue weighted by Crippen LogP contribution is -2.36. The number of rotatable bonds is 6. The number of hydrogen-bond acceptors (Lipinski definition) is 2. The van der Waals surface area contributed by atoms with E-state index >= 15 is 0 Å². The van der Waals surface area contributed by atoms with E-state index in [4.69, 9.17) is 0 Å². The van der Waals surface area contributed by atoms with Crippen LogP contribution in [0.3, 0.4) is 0 Å². The average molecular weight is 281 g/mol. The number of hydrogen-bond donors (Lipinski definition) is 0. The maximum atomic E-state index is 13.4. The van der Waals surface area contributed by atoms with Crippen LogP contribution in [-0.2, 0) is 4.79 Å². The van der Waals surface area contributed by atoms with E-state index in [0.717, 1.165) is 0 Å². The molecular formula is C15H20FNOS. The molecule has 104 valence electrons. The van der Waals surface area contributed by atoms with Crippen LogP contribution in [-0.4, -0.2) is 29.6 Å². The Hall–Kier alpha value is -1.03. The van der Waals surface area contributed by atoms with Crippen LogP contribution in [0.2, 0.25) is 0 Å². The van der Waals surface area contributed by atoms with Gasteiger partial charge in [0.25, 0.3) is 0 Å². The van der Waals surface area contributed by atoms with Gasteiger partial charge in [-0.1, -0.05) is 12.1 Å². The third-order valence-corrected chi connectivity index (χ3v) is 4.77. The number of benzene rings is 1. The number of amides is 1. The van der Waals surface area contributed by atoms with Crippen molar-refractivity contribution in [2.75, 3.05) is 12.8 Å². The first-order valence-electron chi connectivity index (χ1n) is 6.72. The van der Waals surface area contributed by atoms with Crippen molar-refractivity contribution in [1.29, 1.82) is 0 Å². The fourth-order valence-electron chi connectivity index (χ4n) is 2.11. The fourth-order valence-corrected chi connectivity index (χ4v) is 2.99. The summed E-state index contributed by atoms with van der Waals surface area (Å²) in [4.78, 5) is 14.5. The Labute approximate surface area is 118 Å². The third-order valence-electron chi connectivity index (χ3n) is 3.72. The maximum Gasteiger partial charge on any atom is 0.223 e. The summed E-state index contributed by atoms with van der Waals surface area (Å²) in [6.07, 6.45) is 2.94. The molecule has 0 heterocycles. The van der Waals surface area contributed by atoms with Crippen molar-refractivity contribution in [2.24, 2.45) is 5.92 Å². The predicted octanol–water partition coefficient (Wildman–Crippen LogP) is 3.56. The molecule has 1 unspecified atom stereocenters. The maximum absolute atomic E-state index is 13.4. The molecule has 1 saturated carbocycles. The molecule has 1 aliphatic carbocycles. The molecule has 19 heavy (non-hydrogen) atoms. The molecule has 0 aliphatic heterocycles. The predicted molar refractivity (Wildman–Crippen MR) is 76.7 cm³/mol. The second kappa shape index (κ2) is 6.42. The highest BCUT2D eigenvalue weighted by molar-refractivity contribution is 7.99. The van der Waals surface area contributed by atoms with Gasteiger partial charge in [-0.05, 0) is 37.8 Å². The molecule has 1 aromatic rings. The van der Waals surface area contributed by atoms with Gasteiger partial charge in [0.05, 0.1) is 0 Å². The average Bonchev–Trinajstić information content (AvgIpc) is 3.23. The summed E-state index contributed by atoms with van der Waals surface area (Å²) in [6.45, 7) is 2.11. The second-order valence-electron chi connectivity index (χ2n) is 5.11. The molecule has 0 radical (unpaired) electrons. The molecule has 1 aromatic carbocycles. The van der Waals surface area contributed by atoms with Gasteiger partial charge in [0.15, 0.2) is 0 Å². The second-order valence-corrected chi connectivity index (χ2v) is 6.25. The lowest BCUT2D eigenvalue weighted by molar-refractivity contribution is -0.131. The van der Waals surface area contributed by atoms with Gasteiger partial charge in [0, 0.05) is 30.2 Å². The number of thioether (sulfide) groups is 1. The van der Waals surface area contributed by atoms with Gasteiger partial charge >= 0.3 is 0 Å². The SMILES string of the molecule is CC(C1CC1)N(C)C(=O)CCSc1ccccc1F. The summed E-state index contributed by atoms with van der Waals surface area (Å²) >= 11 is 1.41. The van der Waals surface area contributed by atoms with Gasteiger partial charge < -0.3 is 4.90 Å². The molecule has 2 rings (SSSR count). The Kier molecular flexibility index (Phi) is 4.86. The van der Waals surface area contributed by atoms with Crippen molar-refractivity contribution in [3.63, 3.8) is 0 Å². The minimum absolute atomic E-state index is 0.156. The first kappa shape index (κ1) is 14.4. The summed E-state index contributed by atoms with van der Waals surface area (Å²) in [7, 11) is 1.87. The van der Waals surface area contributed by atoms with Gasteiger partial charge in [-0.25, -0.2) is 4.39 Å². The first-order chi connectivity index (χ1) is 9.09. The Balaban J connectivity index is 1.76. The first-order valence-corrected chi connectivity index (χ1v) is 7.71. The van der Waals surface area contributed by atoms with E-state index < -0.39 is 0 Å². The van der Waals surface area contributed by atoms with E-state index in [1.54, 1.807) is 12.1 Å². The van der Waals surface area contributed by atoms with E-state index in [0.29, 0.717) is 29.0 Å². The van der Waals surface area contributed by atoms with Crippen LogP contribution in [0.1, 0.15) is 26.2 Å². The number of halogens is 1. The van der Waals surface area contributed by atoms with Gasteiger partial charge in [-0.3, -0.25) is 4.79 Å². The summed E-state index contributed by atoms with van der Waals surface area (Å²) < 4.78 is 13.4. The lowest BCUT2D eigenvalue weighted by atomic mass is 10.2. The van der Waals surface area contributed by atoms with E-state index in [9.17, 15) is 9.18 Å². The van der Waals surface area contributed by atoms with E-state index in [1.165, 1.54) is 30.7 Å². The van der Waals surface area contributed by atoms with E-state index in [1.807, 2.05) is 18.0 Å². The number of carbonyl (C=O) groups excluding carboxylic acids is 1.